The quantitative estimate of drug-likeness (QED) is 0.487. The number of carbonyl (C=O) groups is 1. The molecule has 8 heteroatoms. The van der Waals surface area contributed by atoms with Crippen LogP contribution < -0.4 is 10.2 Å². The highest BCUT2D eigenvalue weighted by Gasteiger charge is 2.49. The smallest absolute Gasteiger partial charge is 0.353 e. The zero-order valence-electron chi connectivity index (χ0n) is 22.1. The first-order valence-corrected chi connectivity index (χ1v) is 13.5. The van der Waals surface area contributed by atoms with Gasteiger partial charge in [0.25, 0.3) is 0 Å². The molecule has 0 spiro atoms. The molecule has 1 aromatic heterocycles. The largest absolute Gasteiger partial charge is 0.416 e. The van der Waals surface area contributed by atoms with E-state index in [1.165, 1.54) is 11.8 Å². The third-order valence-electron chi connectivity index (χ3n) is 8.46. The van der Waals surface area contributed by atoms with Gasteiger partial charge in [0, 0.05) is 45.0 Å². The number of alkyl halides is 3. The molecular formula is C29H39F3N4O. The Kier molecular flexibility index (Phi) is 8.46. The first-order chi connectivity index (χ1) is 17.6. The van der Waals surface area contributed by atoms with Gasteiger partial charge in [0.1, 0.15) is 5.82 Å². The Bertz CT molecular complexity index is 1040. The minimum Gasteiger partial charge on any atom is -0.353 e. The molecule has 1 aromatic carbocycles. The summed E-state index contributed by atoms with van der Waals surface area (Å²) in [6, 6.07) is 13.0. The zero-order valence-corrected chi connectivity index (χ0v) is 22.1. The van der Waals surface area contributed by atoms with Gasteiger partial charge >= 0.3 is 6.18 Å². The Morgan fingerprint density at radius 2 is 1.84 bits per heavy atom. The predicted octanol–water partition coefficient (Wildman–Crippen LogP) is 5.73. The number of amides is 1. The number of pyridine rings is 1. The van der Waals surface area contributed by atoms with Gasteiger partial charge in [-0.05, 0) is 55.2 Å². The minimum absolute atomic E-state index is 0.193. The van der Waals surface area contributed by atoms with Crippen LogP contribution in [-0.4, -0.2) is 54.6 Å². The van der Waals surface area contributed by atoms with Crippen LogP contribution in [0.1, 0.15) is 63.5 Å². The average Bonchev–Trinajstić information content (AvgIpc) is 3.35. The van der Waals surface area contributed by atoms with E-state index in [0.717, 1.165) is 44.4 Å². The standard InChI is InChI=1S/C29H39F3N4O/c1-4-22(23-8-6-5-7-9-23)20-34-25-10-12-28(19-25,21(2)3)27(37)36-16-14-35(15-17-36)26-18-24(11-13-33-26)29(30,31)32/h5-9,11,13,18,21-22,25,34H,4,10,12,14-17,19-20H2,1-3H3/t22?,25-,28+/m1/s1. The summed E-state index contributed by atoms with van der Waals surface area (Å²) in [7, 11) is 0. The summed E-state index contributed by atoms with van der Waals surface area (Å²) in [5.41, 5.74) is 0.245. The average molecular weight is 517 g/mol. The number of carbonyl (C=O) groups excluding carboxylic acids is 1. The summed E-state index contributed by atoms with van der Waals surface area (Å²) >= 11 is 0. The number of benzene rings is 1. The third-order valence-corrected chi connectivity index (χ3v) is 8.46. The highest BCUT2D eigenvalue weighted by molar-refractivity contribution is 5.84. The zero-order chi connectivity index (χ0) is 26.6. The monoisotopic (exact) mass is 516 g/mol. The van der Waals surface area contributed by atoms with Gasteiger partial charge in [0.05, 0.1) is 11.0 Å². The Balaban J connectivity index is 1.36. The molecule has 2 aliphatic rings. The molecule has 2 aromatic rings. The van der Waals surface area contributed by atoms with Crippen molar-refractivity contribution in [2.45, 2.75) is 64.6 Å². The molecule has 2 heterocycles. The van der Waals surface area contributed by atoms with Crippen LogP contribution in [0.4, 0.5) is 19.0 Å². The lowest BCUT2D eigenvalue weighted by atomic mass is 9.74. The van der Waals surface area contributed by atoms with Gasteiger partial charge in [-0.2, -0.15) is 13.2 Å². The second-order valence-corrected chi connectivity index (χ2v) is 10.9. The minimum atomic E-state index is -4.40. The van der Waals surface area contributed by atoms with E-state index in [1.54, 1.807) is 0 Å². The maximum atomic E-state index is 13.9. The molecule has 0 bridgehead atoms. The highest BCUT2D eigenvalue weighted by Crippen LogP contribution is 2.46. The Hall–Kier alpha value is -2.61. The molecule has 1 saturated heterocycles. The predicted molar refractivity (Wildman–Crippen MR) is 140 cm³/mol. The molecular weight excluding hydrogens is 477 g/mol. The van der Waals surface area contributed by atoms with Crippen molar-refractivity contribution in [2.24, 2.45) is 11.3 Å². The Morgan fingerprint density at radius 3 is 2.46 bits per heavy atom. The molecule has 1 saturated carbocycles. The number of rotatable bonds is 8. The summed E-state index contributed by atoms with van der Waals surface area (Å²) in [5.74, 6) is 1.17. The van der Waals surface area contributed by atoms with Gasteiger partial charge in [-0.25, -0.2) is 4.98 Å². The van der Waals surface area contributed by atoms with Crippen LogP contribution >= 0.6 is 0 Å². The molecule has 1 unspecified atom stereocenters. The van der Waals surface area contributed by atoms with E-state index in [0.29, 0.717) is 44.0 Å². The van der Waals surface area contributed by atoms with Crippen molar-refractivity contribution in [1.29, 1.82) is 0 Å². The second kappa shape index (κ2) is 11.4. The molecule has 5 nitrogen and oxygen atoms in total. The van der Waals surface area contributed by atoms with Crippen molar-refractivity contribution < 1.29 is 18.0 Å². The summed E-state index contributed by atoms with van der Waals surface area (Å²) in [6.45, 7) is 9.34. The van der Waals surface area contributed by atoms with Gasteiger partial charge in [-0.1, -0.05) is 51.1 Å². The van der Waals surface area contributed by atoms with Crippen molar-refractivity contribution >= 4 is 11.7 Å². The summed E-state index contributed by atoms with van der Waals surface area (Å²) in [5, 5.41) is 3.77. The Morgan fingerprint density at radius 1 is 1.14 bits per heavy atom. The maximum Gasteiger partial charge on any atom is 0.416 e. The fraction of sp³-hybridized carbons (Fsp3) is 0.586. The van der Waals surface area contributed by atoms with Gasteiger partial charge < -0.3 is 15.1 Å². The van der Waals surface area contributed by atoms with Crippen molar-refractivity contribution in [3.05, 3.63) is 59.8 Å². The Labute approximate surface area is 218 Å². The first kappa shape index (κ1) is 27.4. The van der Waals surface area contributed by atoms with Gasteiger partial charge in [-0.15, -0.1) is 0 Å². The van der Waals surface area contributed by atoms with E-state index >= 15 is 0 Å². The van der Waals surface area contributed by atoms with E-state index in [2.05, 4.69) is 55.3 Å². The molecule has 3 atom stereocenters. The summed E-state index contributed by atoms with van der Waals surface area (Å²) < 4.78 is 39.4. The lowest BCUT2D eigenvalue weighted by Gasteiger charge is -2.42. The first-order valence-electron chi connectivity index (χ1n) is 13.5. The van der Waals surface area contributed by atoms with E-state index in [-0.39, 0.29) is 11.8 Å². The molecule has 0 radical (unpaired) electrons. The molecule has 1 N–H and O–H groups in total. The lowest BCUT2D eigenvalue weighted by molar-refractivity contribution is -0.145. The summed E-state index contributed by atoms with van der Waals surface area (Å²) in [6.07, 6.45) is 0.523. The number of nitrogens with one attached hydrogen (secondary N) is 1. The second-order valence-electron chi connectivity index (χ2n) is 10.9. The number of anilines is 1. The third kappa shape index (κ3) is 6.11. The van der Waals surface area contributed by atoms with Crippen molar-refractivity contribution in [3.63, 3.8) is 0 Å². The van der Waals surface area contributed by atoms with Crippen molar-refractivity contribution in [3.8, 4) is 0 Å². The molecule has 202 valence electrons. The normalized spacial score (nSPS) is 23.5. The summed E-state index contributed by atoms with van der Waals surface area (Å²) in [4.78, 5) is 21.8. The molecule has 4 rings (SSSR count). The van der Waals surface area contributed by atoms with Crippen LogP contribution in [0.25, 0.3) is 0 Å². The topological polar surface area (TPSA) is 48.5 Å². The fourth-order valence-electron chi connectivity index (χ4n) is 5.97. The van der Waals surface area contributed by atoms with Gasteiger partial charge in [-0.3, -0.25) is 4.79 Å². The van der Waals surface area contributed by atoms with Crippen LogP contribution in [0.3, 0.4) is 0 Å². The SMILES string of the molecule is CCC(CN[C@@H]1CC[C@@](C(=O)N2CCN(c3cc(C(F)(F)F)ccn3)CC2)(C(C)C)C1)c1ccccc1. The molecule has 1 aliphatic heterocycles. The van der Waals surface area contributed by atoms with Gasteiger partial charge in [0.15, 0.2) is 0 Å². The fourth-order valence-corrected chi connectivity index (χ4v) is 5.97. The number of halogens is 3. The molecule has 37 heavy (non-hydrogen) atoms. The molecule has 1 aliphatic carbocycles. The number of hydrogen-bond acceptors (Lipinski definition) is 4. The van der Waals surface area contributed by atoms with Crippen LogP contribution in [0.2, 0.25) is 0 Å². The highest BCUT2D eigenvalue weighted by atomic mass is 19.4. The molecule has 2 fully saturated rings. The maximum absolute atomic E-state index is 13.9. The van der Waals surface area contributed by atoms with Crippen molar-refractivity contribution in [2.75, 3.05) is 37.6 Å². The number of piperazine rings is 1. The number of aromatic nitrogens is 1. The molecule has 1 amide bonds. The van der Waals surface area contributed by atoms with Gasteiger partial charge in [0.2, 0.25) is 5.91 Å². The van der Waals surface area contributed by atoms with Crippen LogP contribution in [0.5, 0.6) is 0 Å². The number of hydrogen-bond donors (Lipinski definition) is 1. The van der Waals surface area contributed by atoms with E-state index < -0.39 is 17.2 Å². The van der Waals surface area contributed by atoms with E-state index in [1.807, 2.05) is 15.9 Å². The van der Waals surface area contributed by atoms with Crippen molar-refractivity contribution in [1.82, 2.24) is 15.2 Å². The number of nitrogens with zero attached hydrogens (tertiary/aromatic N) is 3. The van der Waals surface area contributed by atoms with E-state index in [4.69, 9.17) is 0 Å². The van der Waals surface area contributed by atoms with Crippen LogP contribution in [0.15, 0.2) is 48.7 Å². The lowest BCUT2D eigenvalue weighted by Crippen LogP contribution is -2.54. The van der Waals surface area contributed by atoms with E-state index in [9.17, 15) is 18.0 Å². The van der Waals surface area contributed by atoms with Crippen LogP contribution in [0, 0.1) is 11.3 Å². The van der Waals surface area contributed by atoms with Crippen LogP contribution in [-0.2, 0) is 11.0 Å².